The lowest BCUT2D eigenvalue weighted by Gasteiger charge is -2.27. The molecule has 1 aromatic carbocycles. The van der Waals surface area contributed by atoms with E-state index in [4.69, 9.17) is 10.5 Å². The molecule has 1 fully saturated rings. The molecule has 104 valence electrons. The van der Waals surface area contributed by atoms with Gasteiger partial charge < -0.3 is 10.5 Å². The summed E-state index contributed by atoms with van der Waals surface area (Å²) in [4.78, 5) is 4.35. The maximum atomic E-state index is 6.02. The van der Waals surface area contributed by atoms with Gasteiger partial charge in [0.05, 0.1) is 5.69 Å². The maximum absolute atomic E-state index is 6.02. The van der Waals surface area contributed by atoms with Gasteiger partial charge in [0.1, 0.15) is 11.9 Å². The summed E-state index contributed by atoms with van der Waals surface area (Å²) >= 11 is 0. The fourth-order valence-corrected chi connectivity index (χ4v) is 2.72. The second-order valence-electron chi connectivity index (χ2n) is 5.41. The Kier molecular flexibility index (Phi) is 3.97. The van der Waals surface area contributed by atoms with E-state index in [-0.39, 0.29) is 6.10 Å². The largest absolute Gasteiger partial charge is 0.490 e. The number of hydrogen-bond donors (Lipinski definition) is 1. The van der Waals surface area contributed by atoms with Gasteiger partial charge in [-0.1, -0.05) is 6.07 Å². The third-order valence-corrected chi connectivity index (χ3v) is 3.78. The van der Waals surface area contributed by atoms with Crippen molar-refractivity contribution in [2.45, 2.75) is 37.8 Å². The zero-order chi connectivity index (χ0) is 13.8. The van der Waals surface area contributed by atoms with E-state index < -0.39 is 0 Å². The molecule has 20 heavy (non-hydrogen) atoms. The third kappa shape index (κ3) is 3.17. The Morgan fingerprint density at radius 1 is 1.05 bits per heavy atom. The molecule has 3 rings (SSSR count). The van der Waals surface area contributed by atoms with Gasteiger partial charge in [-0.3, -0.25) is 4.98 Å². The SMILES string of the molecule is NC1CCCC(Oc2ccc(-c3ccccn3)cc2)C1. The van der Waals surface area contributed by atoms with Crippen molar-refractivity contribution in [1.29, 1.82) is 0 Å². The van der Waals surface area contributed by atoms with Crippen molar-refractivity contribution < 1.29 is 4.74 Å². The van der Waals surface area contributed by atoms with Crippen LogP contribution in [0.5, 0.6) is 5.75 Å². The molecule has 0 saturated heterocycles. The fourth-order valence-electron chi connectivity index (χ4n) is 2.72. The first-order valence-electron chi connectivity index (χ1n) is 7.25. The van der Waals surface area contributed by atoms with Crippen LogP contribution in [0.3, 0.4) is 0 Å². The molecule has 1 heterocycles. The van der Waals surface area contributed by atoms with E-state index in [9.17, 15) is 0 Å². The molecule has 0 spiro atoms. The summed E-state index contributed by atoms with van der Waals surface area (Å²) < 4.78 is 6.02. The standard InChI is InChI=1S/C17H20N2O/c18-14-4-3-5-16(12-14)20-15-9-7-13(8-10-15)17-6-1-2-11-19-17/h1-2,6-11,14,16H,3-5,12,18H2. The summed E-state index contributed by atoms with van der Waals surface area (Å²) in [6, 6.07) is 14.4. The predicted molar refractivity (Wildman–Crippen MR) is 80.5 cm³/mol. The molecule has 0 radical (unpaired) electrons. The number of pyridine rings is 1. The predicted octanol–water partition coefficient (Wildman–Crippen LogP) is 3.40. The average molecular weight is 268 g/mol. The van der Waals surface area contributed by atoms with Gasteiger partial charge >= 0.3 is 0 Å². The van der Waals surface area contributed by atoms with Gasteiger partial charge in [-0.25, -0.2) is 0 Å². The molecule has 1 aliphatic rings. The van der Waals surface area contributed by atoms with Crippen LogP contribution in [0.15, 0.2) is 48.7 Å². The van der Waals surface area contributed by atoms with E-state index >= 15 is 0 Å². The normalized spacial score (nSPS) is 22.4. The van der Waals surface area contributed by atoms with Crippen LogP contribution in [0.25, 0.3) is 11.3 Å². The number of rotatable bonds is 3. The molecule has 1 aromatic heterocycles. The van der Waals surface area contributed by atoms with E-state index in [1.165, 1.54) is 0 Å². The molecule has 2 unspecified atom stereocenters. The van der Waals surface area contributed by atoms with E-state index in [2.05, 4.69) is 17.1 Å². The van der Waals surface area contributed by atoms with Crippen molar-refractivity contribution in [3.8, 4) is 17.0 Å². The topological polar surface area (TPSA) is 48.1 Å². The van der Waals surface area contributed by atoms with Crippen molar-refractivity contribution >= 4 is 0 Å². The highest BCUT2D eigenvalue weighted by Crippen LogP contribution is 2.25. The first-order chi connectivity index (χ1) is 9.81. The van der Waals surface area contributed by atoms with Gasteiger partial charge in [-0.15, -0.1) is 0 Å². The minimum atomic E-state index is 0.263. The maximum Gasteiger partial charge on any atom is 0.119 e. The lowest BCUT2D eigenvalue weighted by atomic mass is 9.93. The zero-order valence-electron chi connectivity index (χ0n) is 11.5. The third-order valence-electron chi connectivity index (χ3n) is 3.78. The molecule has 3 nitrogen and oxygen atoms in total. The van der Waals surface area contributed by atoms with Crippen molar-refractivity contribution in [3.05, 3.63) is 48.7 Å². The smallest absolute Gasteiger partial charge is 0.119 e. The lowest BCUT2D eigenvalue weighted by molar-refractivity contribution is 0.144. The summed E-state index contributed by atoms with van der Waals surface area (Å²) in [6.45, 7) is 0. The van der Waals surface area contributed by atoms with Gasteiger partial charge in [0.25, 0.3) is 0 Å². The van der Waals surface area contributed by atoms with Gasteiger partial charge in [-0.2, -0.15) is 0 Å². The Morgan fingerprint density at radius 3 is 2.60 bits per heavy atom. The lowest BCUT2D eigenvalue weighted by Crippen LogP contribution is -2.33. The highest BCUT2D eigenvalue weighted by molar-refractivity contribution is 5.59. The summed E-state index contributed by atoms with van der Waals surface area (Å²) in [7, 11) is 0. The Morgan fingerprint density at radius 2 is 1.90 bits per heavy atom. The first-order valence-corrected chi connectivity index (χ1v) is 7.25. The number of hydrogen-bond acceptors (Lipinski definition) is 3. The van der Waals surface area contributed by atoms with Gasteiger partial charge in [-0.05, 0) is 62.1 Å². The molecule has 3 heteroatoms. The quantitative estimate of drug-likeness (QED) is 0.928. The Hall–Kier alpha value is -1.87. The molecular formula is C17H20N2O. The van der Waals surface area contributed by atoms with Crippen LogP contribution in [0, 0.1) is 0 Å². The summed E-state index contributed by atoms with van der Waals surface area (Å²) in [6.07, 6.45) is 6.43. The fraction of sp³-hybridized carbons (Fsp3) is 0.353. The highest BCUT2D eigenvalue weighted by atomic mass is 16.5. The second-order valence-corrected chi connectivity index (χ2v) is 5.41. The Bertz CT molecular complexity index is 539. The van der Waals surface area contributed by atoms with Crippen LogP contribution in [0.1, 0.15) is 25.7 Å². The van der Waals surface area contributed by atoms with Crippen LogP contribution >= 0.6 is 0 Å². The summed E-state index contributed by atoms with van der Waals surface area (Å²) in [5, 5.41) is 0. The van der Waals surface area contributed by atoms with Gasteiger partial charge in [0.15, 0.2) is 0 Å². The van der Waals surface area contributed by atoms with Crippen LogP contribution in [0.2, 0.25) is 0 Å². The summed E-state index contributed by atoms with van der Waals surface area (Å²) in [5.41, 5.74) is 8.09. The van der Waals surface area contributed by atoms with Crippen LogP contribution < -0.4 is 10.5 Å². The minimum Gasteiger partial charge on any atom is -0.490 e. The highest BCUT2D eigenvalue weighted by Gasteiger charge is 2.20. The summed E-state index contributed by atoms with van der Waals surface area (Å²) in [5.74, 6) is 0.920. The monoisotopic (exact) mass is 268 g/mol. The molecule has 0 aliphatic heterocycles. The van der Waals surface area contributed by atoms with E-state index in [1.54, 1.807) is 0 Å². The number of benzene rings is 1. The molecule has 1 aliphatic carbocycles. The number of nitrogens with zero attached hydrogens (tertiary/aromatic N) is 1. The van der Waals surface area contributed by atoms with Crippen molar-refractivity contribution in [2.75, 3.05) is 0 Å². The zero-order valence-corrected chi connectivity index (χ0v) is 11.5. The van der Waals surface area contributed by atoms with E-state index in [0.29, 0.717) is 6.04 Å². The van der Waals surface area contributed by atoms with E-state index in [1.807, 2.05) is 36.5 Å². The van der Waals surface area contributed by atoms with Crippen LogP contribution in [-0.4, -0.2) is 17.1 Å². The molecule has 2 N–H and O–H groups in total. The molecule has 0 bridgehead atoms. The van der Waals surface area contributed by atoms with Crippen LogP contribution in [0.4, 0.5) is 0 Å². The number of nitrogens with two attached hydrogens (primary N) is 1. The Labute approximate surface area is 119 Å². The molecule has 2 aromatic rings. The van der Waals surface area contributed by atoms with Crippen LogP contribution in [-0.2, 0) is 0 Å². The molecule has 1 saturated carbocycles. The van der Waals surface area contributed by atoms with Gasteiger partial charge in [0, 0.05) is 17.8 Å². The van der Waals surface area contributed by atoms with Crippen molar-refractivity contribution in [3.63, 3.8) is 0 Å². The van der Waals surface area contributed by atoms with Crippen molar-refractivity contribution in [1.82, 2.24) is 4.98 Å². The Balaban J connectivity index is 1.67. The van der Waals surface area contributed by atoms with E-state index in [0.717, 1.165) is 42.7 Å². The molecule has 2 atom stereocenters. The number of ether oxygens (including phenoxy) is 1. The van der Waals surface area contributed by atoms with Crippen molar-refractivity contribution in [2.24, 2.45) is 5.73 Å². The molecule has 0 amide bonds. The average Bonchev–Trinajstić information content (AvgIpc) is 2.49. The minimum absolute atomic E-state index is 0.263. The van der Waals surface area contributed by atoms with Gasteiger partial charge in [0.2, 0.25) is 0 Å². The molecular weight excluding hydrogens is 248 g/mol. The second kappa shape index (κ2) is 6.06. The first kappa shape index (κ1) is 13.1. The number of aromatic nitrogens is 1.